The van der Waals surface area contributed by atoms with Gasteiger partial charge in [0, 0.05) is 19.2 Å². The third kappa shape index (κ3) is 4.16. The maximum Gasteiger partial charge on any atom is 0.139 e. The summed E-state index contributed by atoms with van der Waals surface area (Å²) in [4.78, 5) is 2.17. The summed E-state index contributed by atoms with van der Waals surface area (Å²) in [6, 6.07) is 3.16. The number of nitrogens with zero attached hydrogens (tertiary/aromatic N) is 1. The van der Waals surface area contributed by atoms with Crippen LogP contribution in [0.2, 0.25) is 0 Å². The molecule has 2 nitrogen and oxygen atoms in total. The standard InChI is InChI=1S/C14H22BrFN2/c1-9(2)7-18(8-10(3)4)14-6-12(16)11(15)5-13(14)17/h5-6,9-10H,7-8,17H2,1-4H3. The van der Waals surface area contributed by atoms with Gasteiger partial charge in [-0.15, -0.1) is 0 Å². The van der Waals surface area contributed by atoms with Crippen LogP contribution in [0.3, 0.4) is 0 Å². The molecule has 0 amide bonds. The number of anilines is 2. The van der Waals surface area contributed by atoms with Crippen molar-refractivity contribution in [2.45, 2.75) is 27.7 Å². The molecule has 0 aromatic heterocycles. The fraction of sp³-hybridized carbons (Fsp3) is 0.571. The Balaban J connectivity index is 3.07. The molecule has 2 N–H and O–H groups in total. The van der Waals surface area contributed by atoms with E-state index in [0.29, 0.717) is 22.0 Å². The number of hydrogen-bond donors (Lipinski definition) is 1. The molecule has 0 heterocycles. The summed E-state index contributed by atoms with van der Waals surface area (Å²) in [5.41, 5.74) is 7.41. The zero-order chi connectivity index (χ0) is 13.9. The van der Waals surface area contributed by atoms with Gasteiger partial charge < -0.3 is 10.6 Å². The molecule has 0 unspecified atom stereocenters. The van der Waals surface area contributed by atoms with Crippen molar-refractivity contribution in [1.29, 1.82) is 0 Å². The summed E-state index contributed by atoms with van der Waals surface area (Å²) in [7, 11) is 0. The van der Waals surface area contributed by atoms with Crippen LogP contribution in [-0.2, 0) is 0 Å². The van der Waals surface area contributed by atoms with Crippen LogP contribution in [0, 0.1) is 17.7 Å². The maximum absolute atomic E-state index is 13.7. The van der Waals surface area contributed by atoms with Gasteiger partial charge in [-0.2, -0.15) is 0 Å². The van der Waals surface area contributed by atoms with Crippen LogP contribution >= 0.6 is 15.9 Å². The van der Waals surface area contributed by atoms with E-state index < -0.39 is 0 Å². The van der Waals surface area contributed by atoms with Crippen molar-refractivity contribution in [2.24, 2.45) is 11.8 Å². The Kier molecular flexibility index (Phi) is 5.45. The lowest BCUT2D eigenvalue weighted by atomic mass is 10.1. The zero-order valence-electron chi connectivity index (χ0n) is 11.5. The van der Waals surface area contributed by atoms with E-state index >= 15 is 0 Å². The lowest BCUT2D eigenvalue weighted by molar-refractivity contribution is 0.550. The lowest BCUT2D eigenvalue weighted by Gasteiger charge is -2.29. The molecule has 1 aromatic rings. The second-order valence-electron chi connectivity index (χ2n) is 5.52. The minimum atomic E-state index is -0.267. The molecule has 18 heavy (non-hydrogen) atoms. The number of hydrogen-bond acceptors (Lipinski definition) is 2. The van der Waals surface area contributed by atoms with Gasteiger partial charge in [-0.3, -0.25) is 0 Å². The van der Waals surface area contributed by atoms with Crippen LogP contribution in [0.5, 0.6) is 0 Å². The number of benzene rings is 1. The minimum Gasteiger partial charge on any atom is -0.397 e. The van der Waals surface area contributed by atoms with Gasteiger partial charge in [0.25, 0.3) is 0 Å². The molecule has 0 bridgehead atoms. The molecular weight excluding hydrogens is 295 g/mol. The molecule has 0 fully saturated rings. The van der Waals surface area contributed by atoms with Crippen LogP contribution in [0.4, 0.5) is 15.8 Å². The highest BCUT2D eigenvalue weighted by Gasteiger charge is 2.15. The third-order valence-corrected chi connectivity index (χ3v) is 3.19. The van der Waals surface area contributed by atoms with Gasteiger partial charge in [-0.1, -0.05) is 27.7 Å². The second-order valence-corrected chi connectivity index (χ2v) is 6.37. The summed E-state index contributed by atoms with van der Waals surface area (Å²) < 4.78 is 14.1. The molecule has 4 heteroatoms. The van der Waals surface area contributed by atoms with E-state index in [-0.39, 0.29) is 5.82 Å². The first kappa shape index (κ1) is 15.3. The predicted octanol–water partition coefficient (Wildman–Crippen LogP) is 4.29. The van der Waals surface area contributed by atoms with E-state index in [1.165, 1.54) is 6.07 Å². The topological polar surface area (TPSA) is 29.3 Å². The molecule has 0 spiro atoms. The number of halogens is 2. The van der Waals surface area contributed by atoms with E-state index in [4.69, 9.17) is 5.73 Å². The number of nitrogen functional groups attached to an aromatic ring is 1. The summed E-state index contributed by atoms with van der Waals surface area (Å²) in [6.07, 6.45) is 0. The largest absolute Gasteiger partial charge is 0.397 e. The van der Waals surface area contributed by atoms with Crippen LogP contribution in [-0.4, -0.2) is 13.1 Å². The number of rotatable bonds is 5. The van der Waals surface area contributed by atoms with Crippen molar-refractivity contribution in [1.82, 2.24) is 0 Å². The normalized spacial score (nSPS) is 11.3. The van der Waals surface area contributed by atoms with Gasteiger partial charge in [0.05, 0.1) is 15.8 Å². The molecular formula is C14H22BrFN2. The van der Waals surface area contributed by atoms with Crippen molar-refractivity contribution in [3.63, 3.8) is 0 Å². The molecule has 0 saturated heterocycles. The first-order chi connectivity index (χ1) is 8.31. The molecule has 1 rings (SSSR count). The van der Waals surface area contributed by atoms with E-state index in [9.17, 15) is 4.39 Å². The Morgan fingerprint density at radius 2 is 1.67 bits per heavy atom. The van der Waals surface area contributed by atoms with Crippen LogP contribution in [0.1, 0.15) is 27.7 Å². The fourth-order valence-corrected chi connectivity index (χ4v) is 2.34. The van der Waals surface area contributed by atoms with Crippen molar-refractivity contribution in [3.05, 3.63) is 22.4 Å². The van der Waals surface area contributed by atoms with Gasteiger partial charge in [0.2, 0.25) is 0 Å². The van der Waals surface area contributed by atoms with Crippen LogP contribution in [0.15, 0.2) is 16.6 Å². The van der Waals surface area contributed by atoms with Crippen molar-refractivity contribution >= 4 is 27.3 Å². The quantitative estimate of drug-likeness (QED) is 0.821. The lowest BCUT2D eigenvalue weighted by Crippen LogP contribution is -2.32. The first-order valence-electron chi connectivity index (χ1n) is 6.30. The van der Waals surface area contributed by atoms with E-state index in [1.54, 1.807) is 6.07 Å². The molecule has 0 saturated carbocycles. The highest BCUT2D eigenvalue weighted by molar-refractivity contribution is 9.10. The molecule has 0 radical (unpaired) electrons. The minimum absolute atomic E-state index is 0.267. The Morgan fingerprint density at radius 3 is 2.11 bits per heavy atom. The second kappa shape index (κ2) is 6.41. The van der Waals surface area contributed by atoms with Crippen molar-refractivity contribution < 1.29 is 4.39 Å². The average molecular weight is 317 g/mol. The van der Waals surface area contributed by atoms with Gasteiger partial charge in [-0.05, 0) is 33.8 Å². The number of nitrogens with two attached hydrogens (primary N) is 1. The van der Waals surface area contributed by atoms with Crippen LogP contribution < -0.4 is 10.6 Å². The molecule has 0 aliphatic carbocycles. The Hall–Kier alpha value is -0.770. The zero-order valence-corrected chi connectivity index (χ0v) is 13.1. The summed E-state index contributed by atoms with van der Waals surface area (Å²) in [5, 5.41) is 0. The van der Waals surface area contributed by atoms with E-state index in [2.05, 4.69) is 48.5 Å². The predicted molar refractivity (Wildman–Crippen MR) is 80.4 cm³/mol. The molecule has 1 aromatic carbocycles. The maximum atomic E-state index is 13.7. The SMILES string of the molecule is CC(C)CN(CC(C)C)c1cc(F)c(Br)cc1N. The first-order valence-corrected chi connectivity index (χ1v) is 7.10. The highest BCUT2D eigenvalue weighted by atomic mass is 79.9. The van der Waals surface area contributed by atoms with Gasteiger partial charge in [-0.25, -0.2) is 4.39 Å². The summed E-state index contributed by atoms with van der Waals surface area (Å²) in [5.74, 6) is 0.751. The van der Waals surface area contributed by atoms with Gasteiger partial charge >= 0.3 is 0 Å². The Bertz CT molecular complexity index is 395. The van der Waals surface area contributed by atoms with Crippen molar-refractivity contribution in [2.75, 3.05) is 23.7 Å². The fourth-order valence-electron chi connectivity index (χ4n) is 1.98. The van der Waals surface area contributed by atoms with Crippen molar-refractivity contribution in [3.8, 4) is 0 Å². The molecule has 0 atom stereocenters. The smallest absolute Gasteiger partial charge is 0.139 e. The Labute approximate surface area is 117 Å². The molecule has 0 aliphatic heterocycles. The molecule has 0 aliphatic rings. The van der Waals surface area contributed by atoms with E-state index in [1.807, 2.05) is 0 Å². The summed E-state index contributed by atoms with van der Waals surface area (Å²) >= 11 is 3.16. The van der Waals surface area contributed by atoms with Gasteiger partial charge in [0.15, 0.2) is 0 Å². The average Bonchev–Trinajstić information content (AvgIpc) is 2.21. The van der Waals surface area contributed by atoms with E-state index in [0.717, 1.165) is 18.8 Å². The van der Waals surface area contributed by atoms with Crippen LogP contribution in [0.25, 0.3) is 0 Å². The summed E-state index contributed by atoms with van der Waals surface area (Å²) in [6.45, 7) is 10.4. The highest BCUT2D eigenvalue weighted by Crippen LogP contribution is 2.30. The Morgan fingerprint density at radius 1 is 1.17 bits per heavy atom. The third-order valence-electron chi connectivity index (χ3n) is 2.58. The molecule has 102 valence electrons. The monoisotopic (exact) mass is 316 g/mol. The van der Waals surface area contributed by atoms with Gasteiger partial charge in [0.1, 0.15) is 5.82 Å².